The minimum atomic E-state index is -0.671. The van der Waals surface area contributed by atoms with Crippen LogP contribution in [0.4, 0.5) is 13.2 Å². The van der Waals surface area contributed by atoms with Crippen LogP contribution in [0.3, 0.4) is 0 Å². The summed E-state index contributed by atoms with van der Waals surface area (Å²) in [4.78, 5) is 22.2. The number of hydrogen-bond donors (Lipinski definition) is 0. The average molecular weight is 656 g/mol. The summed E-state index contributed by atoms with van der Waals surface area (Å²) in [7, 11) is 0. The van der Waals surface area contributed by atoms with Gasteiger partial charge >= 0.3 is 0 Å². The average Bonchev–Trinajstić information content (AvgIpc) is 3.87. The largest absolute Gasteiger partial charge is 0.336 e. The van der Waals surface area contributed by atoms with Gasteiger partial charge in [-0.15, -0.1) is 5.10 Å². The first-order chi connectivity index (χ1) is 23.0. The van der Waals surface area contributed by atoms with Gasteiger partial charge in [0.1, 0.15) is 28.8 Å². The molecule has 0 radical (unpaired) electrons. The van der Waals surface area contributed by atoms with Gasteiger partial charge in [-0.3, -0.25) is 9.69 Å². The van der Waals surface area contributed by atoms with E-state index in [-0.39, 0.29) is 40.3 Å². The van der Waals surface area contributed by atoms with Crippen molar-refractivity contribution >= 4 is 17.0 Å². The highest BCUT2D eigenvalue weighted by Crippen LogP contribution is 2.32. The van der Waals surface area contributed by atoms with Crippen molar-refractivity contribution in [3.63, 3.8) is 0 Å². The summed E-state index contributed by atoms with van der Waals surface area (Å²) >= 11 is 0. The van der Waals surface area contributed by atoms with E-state index < -0.39 is 17.2 Å². The summed E-state index contributed by atoms with van der Waals surface area (Å²) in [5.74, 6) is -1.97. The van der Waals surface area contributed by atoms with Crippen LogP contribution in [0.25, 0.3) is 28.0 Å². The second-order valence-corrected chi connectivity index (χ2v) is 12.4. The summed E-state index contributed by atoms with van der Waals surface area (Å²) in [6, 6.07) is 11.0. The van der Waals surface area contributed by atoms with Crippen molar-refractivity contribution in [1.29, 1.82) is 0 Å². The van der Waals surface area contributed by atoms with Crippen molar-refractivity contribution in [2.45, 2.75) is 39.3 Å². The van der Waals surface area contributed by atoms with E-state index in [0.29, 0.717) is 42.9 Å². The minimum absolute atomic E-state index is 0.0747. The van der Waals surface area contributed by atoms with Crippen LogP contribution in [-0.2, 0) is 5.54 Å². The van der Waals surface area contributed by atoms with Gasteiger partial charge in [-0.05, 0) is 75.7 Å². The van der Waals surface area contributed by atoms with Crippen LogP contribution in [0.2, 0.25) is 0 Å². The van der Waals surface area contributed by atoms with Gasteiger partial charge in [-0.2, -0.15) is 5.10 Å². The summed E-state index contributed by atoms with van der Waals surface area (Å²) in [5, 5.41) is 17.4. The molecular formula is C34H32F3N9O2. The maximum absolute atomic E-state index is 15.0. The van der Waals surface area contributed by atoms with Crippen molar-refractivity contribution < 1.29 is 22.5 Å². The number of piperazine rings is 1. The maximum Gasteiger partial charge on any atom is 0.259 e. The fourth-order valence-corrected chi connectivity index (χ4v) is 6.18. The number of amides is 1. The molecule has 11 nitrogen and oxygen atoms in total. The van der Waals surface area contributed by atoms with Gasteiger partial charge in [0.15, 0.2) is 0 Å². The van der Waals surface area contributed by atoms with E-state index in [0.717, 1.165) is 29.5 Å². The third-order valence-electron chi connectivity index (χ3n) is 9.15. The SMILES string of the molecule is Cc1noc2nc(-c3cc(F)ccc3F)cc(C(=O)N3CCN(C(C)(C)c4cn([C@H](C)c5ccc(-n6cccn6)c(F)c5)nn4)CC3)c12. The second-order valence-electron chi connectivity index (χ2n) is 12.4. The standard InChI is InChI=1S/C34H32F3N9O2/c1-20-31-25(18-28(39-32(31)48-41-20)24-17-23(35)7-8-26(24)36)33(47)43-12-14-44(15-13-43)34(3,4)30-19-46(42-40-30)21(2)22-6-9-29(27(37)16-22)45-11-5-10-38-45/h5-11,16-19,21H,12-15H2,1-4H3/t21-/m1/s1. The van der Waals surface area contributed by atoms with E-state index in [2.05, 4.69) is 44.3 Å². The molecule has 48 heavy (non-hydrogen) atoms. The van der Waals surface area contributed by atoms with Crippen molar-refractivity contribution in [1.82, 2.24) is 44.7 Å². The molecule has 1 aliphatic heterocycles. The van der Waals surface area contributed by atoms with Gasteiger partial charge in [-0.25, -0.2) is 27.5 Å². The fraction of sp³-hybridized carbons (Fsp3) is 0.294. The van der Waals surface area contributed by atoms with E-state index in [1.807, 2.05) is 19.2 Å². The molecule has 0 spiro atoms. The number of halogens is 3. The van der Waals surface area contributed by atoms with Crippen molar-refractivity contribution in [2.24, 2.45) is 0 Å². The molecule has 1 amide bonds. The maximum atomic E-state index is 15.0. The van der Waals surface area contributed by atoms with Crippen molar-refractivity contribution in [3.8, 4) is 16.9 Å². The summed E-state index contributed by atoms with van der Waals surface area (Å²) < 4.78 is 52.2. The van der Waals surface area contributed by atoms with E-state index in [1.165, 1.54) is 16.8 Å². The molecule has 14 heteroatoms. The van der Waals surface area contributed by atoms with Crippen LogP contribution >= 0.6 is 0 Å². The monoisotopic (exact) mass is 655 g/mol. The topological polar surface area (TPSA) is 111 Å². The molecular weight excluding hydrogens is 623 g/mol. The van der Waals surface area contributed by atoms with E-state index in [1.54, 1.807) is 41.0 Å². The zero-order chi connectivity index (χ0) is 33.7. The Balaban J connectivity index is 1.07. The Hall–Kier alpha value is -5.37. The smallest absolute Gasteiger partial charge is 0.259 e. The predicted molar refractivity (Wildman–Crippen MR) is 170 cm³/mol. The number of benzene rings is 2. The molecule has 0 aliphatic carbocycles. The number of carbonyl (C=O) groups is 1. The van der Waals surface area contributed by atoms with Gasteiger partial charge in [0.05, 0.1) is 40.1 Å². The van der Waals surface area contributed by atoms with Gasteiger partial charge < -0.3 is 9.42 Å². The number of hydrogen-bond acceptors (Lipinski definition) is 8. The third-order valence-corrected chi connectivity index (χ3v) is 9.15. The molecule has 4 aromatic heterocycles. The molecule has 1 aliphatic rings. The number of pyridine rings is 1. The van der Waals surface area contributed by atoms with Crippen LogP contribution in [0, 0.1) is 24.4 Å². The molecule has 1 saturated heterocycles. The van der Waals surface area contributed by atoms with Gasteiger partial charge in [0.25, 0.3) is 11.6 Å². The normalized spacial score (nSPS) is 14.9. The molecule has 0 N–H and O–H groups in total. The second kappa shape index (κ2) is 12.0. The van der Waals surface area contributed by atoms with Crippen LogP contribution in [-0.4, -0.2) is 76.8 Å². The molecule has 1 fully saturated rings. The Morgan fingerprint density at radius 3 is 2.52 bits per heavy atom. The first-order valence-electron chi connectivity index (χ1n) is 15.5. The summed E-state index contributed by atoms with van der Waals surface area (Å²) in [5.41, 5.74) is 2.11. The first kappa shape index (κ1) is 31.2. The predicted octanol–water partition coefficient (Wildman–Crippen LogP) is 5.70. The highest BCUT2D eigenvalue weighted by Gasteiger charge is 2.36. The molecule has 1 atom stereocenters. The first-order valence-corrected chi connectivity index (χ1v) is 15.5. The van der Waals surface area contributed by atoms with Crippen molar-refractivity contribution in [2.75, 3.05) is 26.2 Å². The zero-order valence-corrected chi connectivity index (χ0v) is 26.7. The number of nitrogens with zero attached hydrogens (tertiary/aromatic N) is 9. The van der Waals surface area contributed by atoms with Crippen LogP contribution < -0.4 is 0 Å². The van der Waals surface area contributed by atoms with Gasteiger partial charge in [-0.1, -0.05) is 16.4 Å². The van der Waals surface area contributed by atoms with Crippen LogP contribution in [0.1, 0.15) is 54.1 Å². The van der Waals surface area contributed by atoms with Gasteiger partial charge in [0, 0.05) is 44.1 Å². The lowest BCUT2D eigenvalue weighted by molar-refractivity contribution is 0.0379. The quantitative estimate of drug-likeness (QED) is 0.216. The highest BCUT2D eigenvalue weighted by atomic mass is 19.1. The van der Waals surface area contributed by atoms with Gasteiger partial charge in [0.2, 0.25) is 0 Å². The minimum Gasteiger partial charge on any atom is -0.336 e. The Morgan fingerprint density at radius 2 is 1.79 bits per heavy atom. The van der Waals surface area contributed by atoms with E-state index in [9.17, 15) is 18.0 Å². The molecule has 2 aromatic carbocycles. The van der Waals surface area contributed by atoms with Crippen LogP contribution in [0.5, 0.6) is 0 Å². The Bertz CT molecular complexity index is 2130. The molecule has 5 heterocycles. The molecule has 7 rings (SSSR count). The lowest BCUT2D eigenvalue weighted by Crippen LogP contribution is -2.54. The number of fused-ring (bicyclic) bond motifs is 1. The number of aromatic nitrogens is 7. The fourth-order valence-electron chi connectivity index (χ4n) is 6.18. The van der Waals surface area contributed by atoms with E-state index in [4.69, 9.17) is 4.52 Å². The lowest BCUT2D eigenvalue weighted by atomic mass is 9.97. The van der Waals surface area contributed by atoms with Crippen LogP contribution in [0.15, 0.2) is 71.6 Å². The van der Waals surface area contributed by atoms with Crippen molar-refractivity contribution in [3.05, 3.63) is 107 Å². The zero-order valence-electron chi connectivity index (χ0n) is 26.7. The molecule has 6 aromatic rings. The molecule has 0 bridgehead atoms. The molecule has 0 unspecified atom stereocenters. The molecule has 246 valence electrons. The Kier molecular flexibility index (Phi) is 7.82. The summed E-state index contributed by atoms with van der Waals surface area (Å²) in [6.07, 6.45) is 5.16. The Morgan fingerprint density at radius 1 is 1.00 bits per heavy atom. The van der Waals surface area contributed by atoms with E-state index >= 15 is 0 Å². The number of carbonyl (C=O) groups excluding carboxylic acids is 1. The number of aryl methyl sites for hydroxylation is 1. The highest BCUT2D eigenvalue weighted by molar-refractivity contribution is 6.07. The molecule has 0 saturated carbocycles. The third kappa shape index (κ3) is 5.51. The summed E-state index contributed by atoms with van der Waals surface area (Å²) in [6.45, 7) is 9.64. The Labute approximate surface area is 273 Å². The lowest BCUT2D eigenvalue weighted by Gasteiger charge is -2.43. The number of rotatable bonds is 7.